The molecule has 0 radical (unpaired) electrons. The van der Waals surface area contributed by atoms with E-state index >= 15 is 0 Å². The molecule has 0 N–H and O–H groups in total. The van der Waals surface area contributed by atoms with Gasteiger partial charge in [0.15, 0.2) is 17.1 Å². The molecule has 2 heterocycles. The molecule has 9 rings (SSSR count). The molecule has 0 amide bonds. The van der Waals surface area contributed by atoms with Crippen LogP contribution >= 0.6 is 0 Å². The molecule has 7 heteroatoms. The Labute approximate surface area is 379 Å². The fourth-order valence-corrected chi connectivity index (χ4v) is 10.6. The molecular weight excluding hydrogens is 795 g/mol. The first-order valence-electron chi connectivity index (χ1n) is 23.5. The molecule has 6 aromatic rings. The maximum Gasteiger partial charge on any atom is 0.178 e. The molecule has 0 spiro atoms. The lowest BCUT2D eigenvalue weighted by Crippen LogP contribution is -2.37. The average Bonchev–Trinajstić information content (AvgIpc) is 3.60. The number of methoxy groups -OCH3 is 2. The summed E-state index contributed by atoms with van der Waals surface area (Å²) in [5.74, 6) is 3.95. The second-order valence-electron chi connectivity index (χ2n) is 17.8. The van der Waals surface area contributed by atoms with Crippen LogP contribution in [0.3, 0.4) is 0 Å². The van der Waals surface area contributed by atoms with E-state index in [1.165, 1.54) is 39.1 Å². The highest BCUT2D eigenvalue weighted by Crippen LogP contribution is 2.62. The lowest BCUT2D eigenvalue weighted by molar-refractivity contribution is 0.122. The van der Waals surface area contributed by atoms with Gasteiger partial charge in [0.25, 0.3) is 0 Å². The fraction of sp³-hybridized carbons (Fsp3) is 0.368. The van der Waals surface area contributed by atoms with Gasteiger partial charge >= 0.3 is 0 Å². The minimum Gasteiger partial charge on any atom is -0.494 e. The number of morpholine rings is 1. The van der Waals surface area contributed by atoms with Crippen LogP contribution in [-0.2, 0) is 15.8 Å². The lowest BCUT2D eigenvalue weighted by Gasteiger charge is -2.40. The van der Waals surface area contributed by atoms with Crippen LogP contribution in [0, 0.1) is 0 Å². The lowest BCUT2D eigenvalue weighted by atomic mass is 9.69. The Kier molecular flexibility index (Phi) is 12.4. The number of fused-ring (bicyclic) bond motifs is 8. The number of hydrogen-bond donors (Lipinski definition) is 0. The zero-order chi connectivity index (χ0) is 44.4. The van der Waals surface area contributed by atoms with Crippen molar-refractivity contribution < 1.29 is 28.4 Å². The van der Waals surface area contributed by atoms with Crippen molar-refractivity contribution in [2.45, 2.75) is 90.3 Å². The van der Waals surface area contributed by atoms with E-state index < -0.39 is 5.60 Å². The number of anilines is 1. The minimum absolute atomic E-state index is 0.118. The minimum atomic E-state index is -0.949. The van der Waals surface area contributed by atoms with Crippen molar-refractivity contribution in [2.75, 3.05) is 52.0 Å². The van der Waals surface area contributed by atoms with Crippen LogP contribution in [0.15, 0.2) is 109 Å². The molecule has 1 fully saturated rings. The number of ether oxygens (including phenoxy) is 6. The Hall–Kier alpha value is -5.92. The molecule has 1 atom stereocenters. The van der Waals surface area contributed by atoms with E-state index in [9.17, 15) is 0 Å². The van der Waals surface area contributed by atoms with E-state index in [-0.39, 0.29) is 11.5 Å². The first-order valence-corrected chi connectivity index (χ1v) is 23.5. The number of rotatable bonds is 16. The molecule has 3 aliphatic rings. The Morgan fingerprint density at radius 3 is 1.94 bits per heavy atom. The standard InChI is InChI=1S/C57H63NO6/c1-8-11-32-62-44-23-17-42(18-24-44)57(41-15-19-43(20-16-41)58-30-33-61-34-31-58)29-26-47-54-53(48-36-51(59-6)52(60-7)37-49(48)55(47)64-57)46-25-14-40(35-50(46)56(54,27-9-2)28-10-3)39-12-21-45(22-13-39)63-38(4)5/h12-26,29,35-38H,8-11,27-28,30-34H2,1-7H3. The average molecular weight is 858 g/mol. The number of nitrogens with zero attached hydrogens (tertiary/aromatic N) is 1. The van der Waals surface area contributed by atoms with Crippen molar-refractivity contribution in [3.05, 3.63) is 137 Å². The smallest absolute Gasteiger partial charge is 0.178 e. The zero-order valence-corrected chi connectivity index (χ0v) is 38.7. The van der Waals surface area contributed by atoms with E-state index in [0.717, 1.165) is 110 Å². The van der Waals surface area contributed by atoms with Gasteiger partial charge in [0.1, 0.15) is 17.2 Å². The fourth-order valence-electron chi connectivity index (χ4n) is 10.6. The van der Waals surface area contributed by atoms with E-state index in [1.807, 2.05) is 0 Å². The summed E-state index contributed by atoms with van der Waals surface area (Å²) in [5, 5.41) is 2.08. The second kappa shape index (κ2) is 18.3. The summed E-state index contributed by atoms with van der Waals surface area (Å²) >= 11 is 0. The predicted octanol–water partition coefficient (Wildman–Crippen LogP) is 13.5. The van der Waals surface area contributed by atoms with Crippen molar-refractivity contribution in [3.8, 4) is 51.0 Å². The summed E-state index contributed by atoms with van der Waals surface area (Å²) in [6.07, 6.45) is 10.9. The van der Waals surface area contributed by atoms with Crippen molar-refractivity contribution in [2.24, 2.45) is 0 Å². The van der Waals surface area contributed by atoms with Gasteiger partial charge in [-0.05, 0) is 133 Å². The molecule has 332 valence electrons. The topological polar surface area (TPSA) is 58.6 Å². The van der Waals surface area contributed by atoms with E-state index in [1.54, 1.807) is 14.2 Å². The number of benzene rings is 6. The maximum atomic E-state index is 7.84. The summed E-state index contributed by atoms with van der Waals surface area (Å²) in [6.45, 7) is 14.9. The first kappa shape index (κ1) is 43.3. The molecule has 1 aliphatic carbocycles. The van der Waals surface area contributed by atoms with Crippen LogP contribution in [0.25, 0.3) is 39.1 Å². The molecule has 6 aromatic carbocycles. The quantitative estimate of drug-likeness (QED) is 0.0899. The van der Waals surface area contributed by atoms with Crippen LogP contribution in [0.2, 0.25) is 0 Å². The molecule has 64 heavy (non-hydrogen) atoms. The van der Waals surface area contributed by atoms with Crippen molar-refractivity contribution in [3.63, 3.8) is 0 Å². The Bertz CT molecular complexity index is 2620. The molecule has 7 nitrogen and oxygen atoms in total. The van der Waals surface area contributed by atoms with Crippen molar-refractivity contribution >= 4 is 22.5 Å². The van der Waals surface area contributed by atoms with Gasteiger partial charge in [-0.3, -0.25) is 0 Å². The van der Waals surface area contributed by atoms with Gasteiger partial charge in [0, 0.05) is 46.3 Å². The summed E-state index contributed by atoms with van der Waals surface area (Å²) < 4.78 is 37.8. The summed E-state index contributed by atoms with van der Waals surface area (Å²) in [5.41, 5.74) is 10.8. The molecule has 2 aliphatic heterocycles. The van der Waals surface area contributed by atoms with Gasteiger partial charge in [-0.2, -0.15) is 0 Å². The third-order valence-electron chi connectivity index (χ3n) is 13.5. The van der Waals surface area contributed by atoms with Gasteiger partial charge in [-0.1, -0.05) is 94.6 Å². The first-order chi connectivity index (χ1) is 31.3. The molecule has 0 bridgehead atoms. The summed E-state index contributed by atoms with van der Waals surface area (Å²) in [7, 11) is 3.43. The Morgan fingerprint density at radius 2 is 1.31 bits per heavy atom. The van der Waals surface area contributed by atoms with E-state index in [2.05, 4.69) is 155 Å². The maximum absolute atomic E-state index is 7.84. The highest BCUT2D eigenvalue weighted by Gasteiger charge is 2.48. The van der Waals surface area contributed by atoms with E-state index in [4.69, 9.17) is 28.4 Å². The third-order valence-corrected chi connectivity index (χ3v) is 13.5. The van der Waals surface area contributed by atoms with Crippen molar-refractivity contribution in [1.29, 1.82) is 0 Å². The van der Waals surface area contributed by atoms with E-state index in [0.29, 0.717) is 18.1 Å². The van der Waals surface area contributed by atoms with Crippen LogP contribution < -0.4 is 28.6 Å². The molecular formula is C57H63NO6. The zero-order valence-electron chi connectivity index (χ0n) is 38.7. The monoisotopic (exact) mass is 857 g/mol. The molecule has 1 saturated heterocycles. The van der Waals surface area contributed by atoms with Crippen LogP contribution in [0.4, 0.5) is 5.69 Å². The van der Waals surface area contributed by atoms with Gasteiger partial charge in [0.05, 0.1) is 40.1 Å². The Balaban J connectivity index is 1.27. The predicted molar refractivity (Wildman–Crippen MR) is 261 cm³/mol. The van der Waals surface area contributed by atoms with Crippen LogP contribution in [0.5, 0.6) is 28.7 Å². The SMILES string of the molecule is CCCCOc1ccc(C2(c3ccc(N4CCOCC4)cc3)C=Cc3c4c(c5cc(OC)c(OC)cc5c3O2)-c2ccc(-c3ccc(OC(C)C)cc3)cc2C4(CCC)CCC)cc1. The van der Waals surface area contributed by atoms with Crippen LogP contribution in [0.1, 0.15) is 101 Å². The summed E-state index contributed by atoms with van der Waals surface area (Å²) in [6, 6.07) is 37.4. The van der Waals surface area contributed by atoms with Gasteiger partial charge in [-0.25, -0.2) is 0 Å². The molecule has 0 saturated carbocycles. The summed E-state index contributed by atoms with van der Waals surface area (Å²) in [4.78, 5) is 2.40. The normalized spacial score (nSPS) is 17.2. The van der Waals surface area contributed by atoms with Gasteiger partial charge < -0.3 is 33.3 Å². The van der Waals surface area contributed by atoms with Gasteiger partial charge in [-0.15, -0.1) is 0 Å². The molecule has 0 aromatic heterocycles. The number of unbranched alkanes of at least 4 members (excludes halogenated alkanes) is 1. The number of hydrogen-bond acceptors (Lipinski definition) is 7. The molecule has 1 unspecified atom stereocenters. The van der Waals surface area contributed by atoms with Crippen LogP contribution in [-0.4, -0.2) is 53.2 Å². The Morgan fingerprint density at radius 1 is 0.688 bits per heavy atom. The van der Waals surface area contributed by atoms with Gasteiger partial charge in [0.2, 0.25) is 0 Å². The largest absolute Gasteiger partial charge is 0.494 e. The second-order valence-corrected chi connectivity index (χ2v) is 17.8. The highest BCUT2D eigenvalue weighted by atomic mass is 16.5. The van der Waals surface area contributed by atoms with Crippen molar-refractivity contribution in [1.82, 2.24) is 0 Å². The third kappa shape index (κ3) is 7.66. The highest BCUT2D eigenvalue weighted by molar-refractivity contribution is 6.10.